The molecule has 3 N–H and O–H groups in total. The number of hydrogen-bond donors (Lipinski definition) is 3. The minimum absolute atomic E-state index is 0.103. The maximum atomic E-state index is 12.6. The summed E-state index contributed by atoms with van der Waals surface area (Å²) in [6.45, 7) is 2.35. The summed E-state index contributed by atoms with van der Waals surface area (Å²) in [5.41, 5.74) is 5.56. The zero-order chi connectivity index (χ0) is 23.4. The molecular formula is C24H29N3O5S. The summed E-state index contributed by atoms with van der Waals surface area (Å²) < 4.78 is 33.0. The van der Waals surface area contributed by atoms with Gasteiger partial charge in [0.25, 0.3) is 15.9 Å². The van der Waals surface area contributed by atoms with Crippen molar-refractivity contribution in [3.05, 3.63) is 54.1 Å². The van der Waals surface area contributed by atoms with E-state index in [0.29, 0.717) is 41.9 Å². The Morgan fingerprint density at radius 2 is 1.70 bits per heavy atom. The highest BCUT2D eigenvalue weighted by Crippen LogP contribution is 2.49. The van der Waals surface area contributed by atoms with Crippen LogP contribution in [0.15, 0.2) is 53.4 Å². The first-order chi connectivity index (χ1) is 15.8. The van der Waals surface area contributed by atoms with Crippen LogP contribution in [0.25, 0.3) is 0 Å². The summed E-state index contributed by atoms with van der Waals surface area (Å²) in [5, 5.41) is 0. The van der Waals surface area contributed by atoms with E-state index in [-0.39, 0.29) is 10.8 Å². The lowest BCUT2D eigenvalue weighted by Crippen LogP contribution is -2.42. The summed E-state index contributed by atoms with van der Waals surface area (Å²) in [6.07, 6.45) is 5.28. The van der Waals surface area contributed by atoms with Gasteiger partial charge in [-0.25, -0.2) is 8.42 Å². The molecule has 0 spiro atoms. The fourth-order valence-electron chi connectivity index (χ4n) is 4.90. The Balaban J connectivity index is 1.28. The molecule has 2 aromatic rings. The smallest absolute Gasteiger partial charge is 0.269 e. The van der Waals surface area contributed by atoms with Crippen LogP contribution in [0, 0.1) is 17.8 Å². The Hall–Kier alpha value is -3.07. The van der Waals surface area contributed by atoms with E-state index in [0.717, 1.165) is 12.3 Å². The van der Waals surface area contributed by atoms with Crippen LogP contribution in [0.5, 0.6) is 5.75 Å². The fourth-order valence-corrected chi connectivity index (χ4v) is 5.96. The van der Waals surface area contributed by atoms with Crippen molar-refractivity contribution < 1.29 is 22.7 Å². The van der Waals surface area contributed by atoms with Crippen molar-refractivity contribution in [1.29, 1.82) is 0 Å². The zero-order valence-electron chi connectivity index (χ0n) is 18.5. The molecule has 2 aliphatic rings. The van der Waals surface area contributed by atoms with Gasteiger partial charge in [0, 0.05) is 17.7 Å². The average Bonchev–Trinajstić information content (AvgIpc) is 3.42. The molecule has 0 aromatic heterocycles. The topological polar surface area (TPSA) is 114 Å². The van der Waals surface area contributed by atoms with Crippen molar-refractivity contribution in [2.75, 3.05) is 11.3 Å². The highest BCUT2D eigenvalue weighted by atomic mass is 32.2. The van der Waals surface area contributed by atoms with E-state index in [1.165, 1.54) is 55.7 Å². The predicted octanol–water partition coefficient (Wildman–Crippen LogP) is 3.47. The van der Waals surface area contributed by atoms with Crippen LogP contribution >= 0.6 is 0 Å². The number of anilines is 1. The maximum Gasteiger partial charge on any atom is 0.269 e. The van der Waals surface area contributed by atoms with E-state index >= 15 is 0 Å². The molecule has 2 aromatic carbocycles. The maximum absolute atomic E-state index is 12.6. The summed E-state index contributed by atoms with van der Waals surface area (Å²) in [7, 11) is -3.78. The van der Waals surface area contributed by atoms with E-state index in [9.17, 15) is 18.0 Å². The second kappa shape index (κ2) is 9.82. The molecule has 176 valence electrons. The molecule has 0 radical (unpaired) electrons. The normalized spacial score (nSPS) is 21.4. The van der Waals surface area contributed by atoms with Crippen LogP contribution in [-0.4, -0.2) is 26.8 Å². The Morgan fingerprint density at radius 3 is 2.30 bits per heavy atom. The summed E-state index contributed by atoms with van der Waals surface area (Å²) in [4.78, 5) is 24.6. The molecule has 2 fully saturated rings. The first-order valence-corrected chi connectivity index (χ1v) is 12.8. The van der Waals surface area contributed by atoms with Gasteiger partial charge in [-0.3, -0.25) is 25.2 Å². The van der Waals surface area contributed by atoms with Gasteiger partial charge in [0.1, 0.15) is 5.75 Å². The standard InChI is InChI=1S/C24H29N3O5S/c1-2-32-21-9-11-22(12-10-21)33(30,31)27-20-7-5-17(6-8-20)24(29)26-25-23(28)15-19-14-16-3-4-18(19)13-16/h5-12,16,18-19,27H,2-4,13-15H2,1H3,(H,25,28)(H,26,29). The summed E-state index contributed by atoms with van der Waals surface area (Å²) in [5.74, 6) is 1.79. The highest BCUT2D eigenvalue weighted by Gasteiger charge is 2.40. The van der Waals surface area contributed by atoms with Crippen LogP contribution in [0.2, 0.25) is 0 Å². The number of amides is 2. The largest absolute Gasteiger partial charge is 0.494 e. The fraction of sp³-hybridized carbons (Fsp3) is 0.417. The zero-order valence-corrected chi connectivity index (χ0v) is 19.4. The summed E-state index contributed by atoms with van der Waals surface area (Å²) in [6, 6.07) is 12.1. The SMILES string of the molecule is CCOc1ccc(S(=O)(=O)Nc2ccc(C(=O)NNC(=O)CC3CC4CCC3C4)cc2)cc1. The van der Waals surface area contributed by atoms with Gasteiger partial charge in [-0.1, -0.05) is 6.42 Å². The molecule has 4 rings (SSSR count). The number of carbonyl (C=O) groups is 2. The van der Waals surface area contributed by atoms with Crippen LogP contribution in [0.1, 0.15) is 49.4 Å². The lowest BCUT2D eigenvalue weighted by Gasteiger charge is -2.20. The number of ether oxygens (including phenoxy) is 1. The van der Waals surface area contributed by atoms with Crippen LogP contribution in [0.3, 0.4) is 0 Å². The van der Waals surface area contributed by atoms with Crippen molar-refractivity contribution in [3.8, 4) is 5.75 Å². The number of carbonyl (C=O) groups excluding carboxylic acids is 2. The lowest BCUT2D eigenvalue weighted by atomic mass is 9.86. The molecular weight excluding hydrogens is 442 g/mol. The van der Waals surface area contributed by atoms with Crippen molar-refractivity contribution in [2.45, 2.75) is 43.9 Å². The van der Waals surface area contributed by atoms with Crippen molar-refractivity contribution in [3.63, 3.8) is 0 Å². The number of sulfonamides is 1. The van der Waals surface area contributed by atoms with Crippen LogP contribution in [-0.2, 0) is 14.8 Å². The van der Waals surface area contributed by atoms with Crippen molar-refractivity contribution >= 4 is 27.5 Å². The third kappa shape index (κ3) is 5.65. The van der Waals surface area contributed by atoms with Gasteiger partial charge >= 0.3 is 0 Å². The van der Waals surface area contributed by atoms with E-state index in [1.54, 1.807) is 12.1 Å². The lowest BCUT2D eigenvalue weighted by molar-refractivity contribution is -0.123. The molecule has 0 heterocycles. The number of hydrogen-bond acceptors (Lipinski definition) is 5. The molecule has 8 nitrogen and oxygen atoms in total. The van der Waals surface area contributed by atoms with Gasteiger partial charge in [-0.05, 0) is 92.5 Å². The number of benzene rings is 2. The second-order valence-electron chi connectivity index (χ2n) is 8.73. The van der Waals surface area contributed by atoms with E-state index < -0.39 is 15.9 Å². The van der Waals surface area contributed by atoms with Crippen molar-refractivity contribution in [1.82, 2.24) is 10.9 Å². The minimum atomic E-state index is -3.78. The molecule has 33 heavy (non-hydrogen) atoms. The third-order valence-electron chi connectivity index (χ3n) is 6.49. The van der Waals surface area contributed by atoms with Crippen LogP contribution in [0.4, 0.5) is 5.69 Å². The van der Waals surface area contributed by atoms with Gasteiger partial charge in [-0.2, -0.15) is 0 Å². The van der Waals surface area contributed by atoms with Gasteiger partial charge < -0.3 is 4.74 Å². The van der Waals surface area contributed by atoms with E-state index in [4.69, 9.17) is 4.74 Å². The second-order valence-corrected chi connectivity index (χ2v) is 10.4. The molecule has 0 saturated heterocycles. The average molecular weight is 472 g/mol. The highest BCUT2D eigenvalue weighted by molar-refractivity contribution is 7.92. The van der Waals surface area contributed by atoms with Gasteiger partial charge in [0.15, 0.2) is 0 Å². The van der Waals surface area contributed by atoms with Gasteiger partial charge in [-0.15, -0.1) is 0 Å². The Morgan fingerprint density at radius 1 is 0.970 bits per heavy atom. The van der Waals surface area contributed by atoms with Gasteiger partial charge in [0.2, 0.25) is 5.91 Å². The van der Waals surface area contributed by atoms with Crippen LogP contribution < -0.4 is 20.3 Å². The third-order valence-corrected chi connectivity index (χ3v) is 7.89. The molecule has 2 saturated carbocycles. The monoisotopic (exact) mass is 471 g/mol. The predicted molar refractivity (Wildman–Crippen MR) is 124 cm³/mol. The van der Waals surface area contributed by atoms with E-state index in [1.807, 2.05) is 6.92 Å². The first-order valence-electron chi connectivity index (χ1n) is 11.3. The number of hydrazine groups is 1. The Bertz CT molecular complexity index is 1100. The molecule has 2 aliphatic carbocycles. The summed E-state index contributed by atoms with van der Waals surface area (Å²) >= 11 is 0. The number of fused-ring (bicyclic) bond motifs is 2. The van der Waals surface area contributed by atoms with Crippen molar-refractivity contribution in [2.24, 2.45) is 17.8 Å². The number of nitrogens with one attached hydrogen (secondary N) is 3. The van der Waals surface area contributed by atoms with E-state index in [2.05, 4.69) is 15.6 Å². The molecule has 2 amide bonds. The number of rotatable bonds is 8. The molecule has 0 aliphatic heterocycles. The molecule has 2 bridgehead atoms. The first kappa shape index (κ1) is 23.1. The minimum Gasteiger partial charge on any atom is -0.494 e. The van der Waals surface area contributed by atoms with Gasteiger partial charge in [0.05, 0.1) is 11.5 Å². The quantitative estimate of drug-likeness (QED) is 0.510. The Kier molecular flexibility index (Phi) is 6.88. The molecule has 9 heteroatoms. The molecule has 3 atom stereocenters. The Labute approximate surface area is 194 Å². The molecule has 3 unspecified atom stereocenters.